The predicted molar refractivity (Wildman–Crippen MR) is 150 cm³/mol. The number of piperidine rings is 1. The third-order valence-corrected chi connectivity index (χ3v) is 8.86. The molecule has 10 heteroatoms. The van der Waals surface area contributed by atoms with E-state index in [-0.39, 0.29) is 0 Å². The number of nitrogens with zero attached hydrogens (tertiary/aromatic N) is 6. The van der Waals surface area contributed by atoms with Crippen molar-refractivity contribution in [3.8, 4) is 34.5 Å². The lowest BCUT2D eigenvalue weighted by Crippen LogP contribution is -2.32. The Morgan fingerprint density at radius 3 is 2.62 bits per heavy atom. The maximum atomic E-state index is 14.7. The van der Waals surface area contributed by atoms with Crippen LogP contribution in [0.5, 0.6) is 5.75 Å². The van der Waals surface area contributed by atoms with E-state index in [1.54, 1.807) is 30.7 Å². The van der Waals surface area contributed by atoms with Crippen molar-refractivity contribution < 1.29 is 9.13 Å². The monoisotopic (exact) mass is 542 g/mol. The summed E-state index contributed by atoms with van der Waals surface area (Å²) >= 11 is 0. The number of hydrogen-bond acceptors (Lipinski definition) is 7. The van der Waals surface area contributed by atoms with Crippen LogP contribution in [0.2, 0.25) is 0 Å². The van der Waals surface area contributed by atoms with Crippen LogP contribution in [0, 0.1) is 23.1 Å². The van der Waals surface area contributed by atoms with Gasteiger partial charge in [0.25, 0.3) is 5.56 Å². The Morgan fingerprint density at radius 1 is 1.10 bits per heavy atom. The molecule has 198 valence electrons. The second kappa shape index (κ2) is 11.8. The maximum Gasteiger partial charge on any atom is 0.290 e. The Kier molecular flexibility index (Phi) is 8.06. The molecule has 1 aliphatic rings. The van der Waals surface area contributed by atoms with Gasteiger partial charge in [0, 0.05) is 31.6 Å². The van der Waals surface area contributed by atoms with Crippen molar-refractivity contribution in [1.82, 2.24) is 24.2 Å². The number of nitriles is 1. The molecule has 4 aromatic rings. The number of likely N-dealkylation sites (tertiary alicyclic amines) is 1. The van der Waals surface area contributed by atoms with Crippen molar-refractivity contribution in [3.05, 3.63) is 89.0 Å². The Morgan fingerprint density at radius 2 is 1.87 bits per heavy atom. The van der Waals surface area contributed by atoms with Crippen molar-refractivity contribution in [2.24, 2.45) is 5.92 Å². The van der Waals surface area contributed by atoms with E-state index in [0.717, 1.165) is 42.9 Å². The number of benzene rings is 1. The van der Waals surface area contributed by atoms with E-state index < -0.39 is 19.4 Å². The summed E-state index contributed by atoms with van der Waals surface area (Å²) in [4.78, 5) is 28.3. The molecule has 5 rings (SSSR count). The molecule has 3 aromatic heterocycles. The van der Waals surface area contributed by atoms with Crippen molar-refractivity contribution in [3.63, 3.8) is 0 Å². The first-order valence-electron chi connectivity index (χ1n) is 12.7. The average Bonchev–Trinajstić information content (AvgIpc) is 2.98. The van der Waals surface area contributed by atoms with Crippen LogP contribution in [0.25, 0.3) is 22.6 Å². The van der Waals surface area contributed by atoms with Gasteiger partial charge in [-0.2, -0.15) is 5.26 Å². The van der Waals surface area contributed by atoms with E-state index in [4.69, 9.17) is 4.74 Å². The summed E-state index contributed by atoms with van der Waals surface area (Å²) in [6.07, 6.45) is 8.71. The lowest BCUT2D eigenvalue weighted by Gasteiger charge is -2.28. The molecule has 0 saturated carbocycles. The van der Waals surface area contributed by atoms with Gasteiger partial charge < -0.3 is 9.64 Å². The number of halogens is 1. The van der Waals surface area contributed by atoms with Crippen molar-refractivity contribution in [2.45, 2.75) is 12.8 Å². The molecule has 1 atom stereocenters. The highest BCUT2D eigenvalue weighted by atomic mass is 31.1. The maximum absolute atomic E-state index is 14.7. The molecular weight excluding hydrogens is 514 g/mol. The van der Waals surface area contributed by atoms with Gasteiger partial charge in [0.15, 0.2) is 17.4 Å². The lowest BCUT2D eigenvalue weighted by atomic mass is 9.98. The molecule has 1 fully saturated rings. The Labute approximate surface area is 227 Å². The predicted octanol–water partition coefficient (Wildman–Crippen LogP) is 4.30. The van der Waals surface area contributed by atoms with Crippen LogP contribution in [0.4, 0.5) is 4.39 Å². The molecular formula is C29H28FN6O2P. The number of hydrogen-bond donors (Lipinski definition) is 0. The minimum Gasteiger partial charge on any atom is -0.490 e. The van der Waals surface area contributed by atoms with Gasteiger partial charge in [-0.15, -0.1) is 0 Å². The van der Waals surface area contributed by atoms with Gasteiger partial charge in [0.05, 0.1) is 36.3 Å². The summed E-state index contributed by atoms with van der Waals surface area (Å²) in [5.74, 6) is 0.844. The van der Waals surface area contributed by atoms with Crippen LogP contribution in [0.15, 0.2) is 72.0 Å². The molecule has 0 amide bonds. The third-order valence-electron chi connectivity index (χ3n) is 6.89. The molecule has 8 nitrogen and oxygen atoms in total. The Bertz CT molecular complexity index is 1560. The van der Waals surface area contributed by atoms with Crippen LogP contribution in [0.1, 0.15) is 18.4 Å². The fourth-order valence-corrected chi connectivity index (χ4v) is 6.05. The highest BCUT2D eigenvalue weighted by Gasteiger charge is 2.18. The SMILES string of the molecule is CN1CCC(COc2cnc(-c3cccc(P(C)n4cc(-c5cc(C#N)ccn5)cc(F)c4=O)c3)nc2)CC1. The second-order valence-electron chi connectivity index (χ2n) is 9.64. The largest absolute Gasteiger partial charge is 0.490 e. The standard InChI is InChI=1S/C29H28FN6O2P/c1-35-10-7-20(8-11-35)19-38-24-16-33-28(34-17-24)22-4-3-5-25(13-22)39(2)36-18-23(14-26(30)29(36)37)27-12-21(15-31)6-9-32-27/h3-6,9,12-14,16-18,20H,7-8,10-11,19H2,1-2H3. The average molecular weight is 543 g/mol. The Hall–Kier alpha value is -3.99. The summed E-state index contributed by atoms with van der Waals surface area (Å²) in [6, 6.07) is 14.0. The van der Waals surface area contributed by atoms with E-state index in [2.05, 4.69) is 33.0 Å². The minimum absolute atomic E-state index is 0.405. The molecule has 0 spiro atoms. The first-order chi connectivity index (χ1) is 18.9. The molecule has 1 unspecified atom stereocenters. The fraction of sp³-hybridized carbons (Fsp3) is 0.276. The normalized spacial score (nSPS) is 15.0. The molecule has 39 heavy (non-hydrogen) atoms. The van der Waals surface area contributed by atoms with Gasteiger partial charge in [0.2, 0.25) is 0 Å². The van der Waals surface area contributed by atoms with E-state index >= 15 is 0 Å². The summed E-state index contributed by atoms with van der Waals surface area (Å²) in [6.45, 7) is 4.73. The van der Waals surface area contributed by atoms with Gasteiger partial charge >= 0.3 is 0 Å². The molecule has 0 radical (unpaired) electrons. The lowest BCUT2D eigenvalue weighted by molar-refractivity contribution is 0.159. The number of pyridine rings is 2. The van der Waals surface area contributed by atoms with Crippen LogP contribution < -0.4 is 15.6 Å². The van der Waals surface area contributed by atoms with Gasteiger partial charge in [-0.25, -0.2) is 14.4 Å². The zero-order valence-electron chi connectivity index (χ0n) is 21.8. The van der Waals surface area contributed by atoms with E-state index in [0.29, 0.717) is 40.9 Å². The third kappa shape index (κ3) is 6.19. The molecule has 0 aliphatic carbocycles. The molecule has 1 aromatic carbocycles. The second-order valence-corrected chi connectivity index (χ2v) is 11.6. The zero-order chi connectivity index (χ0) is 27.4. The fourth-order valence-electron chi connectivity index (χ4n) is 4.51. The van der Waals surface area contributed by atoms with Gasteiger partial charge in [0.1, 0.15) is 0 Å². The topological polar surface area (TPSA) is 96.9 Å². The smallest absolute Gasteiger partial charge is 0.290 e. The van der Waals surface area contributed by atoms with Gasteiger partial charge in [-0.1, -0.05) is 18.2 Å². The zero-order valence-corrected chi connectivity index (χ0v) is 22.7. The van der Waals surface area contributed by atoms with E-state index in [9.17, 15) is 14.4 Å². The molecule has 0 N–H and O–H groups in total. The van der Waals surface area contributed by atoms with Crippen LogP contribution in [-0.4, -0.2) is 57.6 Å². The van der Waals surface area contributed by atoms with Crippen LogP contribution in [-0.2, 0) is 0 Å². The van der Waals surface area contributed by atoms with Gasteiger partial charge in [-0.05, 0) is 75.1 Å². The highest BCUT2D eigenvalue weighted by molar-refractivity contribution is 7.63. The summed E-state index contributed by atoms with van der Waals surface area (Å²) in [5.41, 5.74) is 1.33. The highest BCUT2D eigenvalue weighted by Crippen LogP contribution is 2.33. The number of ether oxygens (including phenoxy) is 1. The first kappa shape index (κ1) is 26.6. The van der Waals surface area contributed by atoms with E-state index in [1.165, 1.54) is 10.5 Å². The first-order valence-corrected chi connectivity index (χ1v) is 14.4. The molecule has 1 aliphatic heterocycles. The molecule has 1 saturated heterocycles. The van der Waals surface area contributed by atoms with Crippen molar-refractivity contribution in [2.75, 3.05) is 33.4 Å². The van der Waals surface area contributed by atoms with Crippen molar-refractivity contribution >= 4 is 13.4 Å². The van der Waals surface area contributed by atoms with Crippen LogP contribution >= 0.6 is 8.07 Å². The summed E-state index contributed by atoms with van der Waals surface area (Å²) in [7, 11) is 0.874. The summed E-state index contributed by atoms with van der Waals surface area (Å²) < 4.78 is 22.1. The Balaban J connectivity index is 1.35. The van der Waals surface area contributed by atoms with E-state index in [1.807, 2.05) is 30.9 Å². The van der Waals surface area contributed by atoms with Crippen molar-refractivity contribution in [1.29, 1.82) is 5.26 Å². The molecule has 0 bridgehead atoms. The number of rotatable bonds is 7. The minimum atomic E-state index is -1.27. The number of aromatic nitrogens is 4. The van der Waals surface area contributed by atoms with Crippen LogP contribution in [0.3, 0.4) is 0 Å². The summed E-state index contributed by atoms with van der Waals surface area (Å²) in [5, 5.41) is 10.1. The quantitative estimate of drug-likeness (QED) is 0.321. The molecule has 4 heterocycles. The van der Waals surface area contributed by atoms with Gasteiger partial charge in [-0.3, -0.25) is 14.1 Å².